The first kappa shape index (κ1) is 17.0. The number of methoxy groups -OCH3 is 2. The predicted octanol–water partition coefficient (Wildman–Crippen LogP) is 2.51. The minimum Gasteiger partial charge on any atom is -0.497 e. The van der Waals surface area contributed by atoms with Crippen molar-refractivity contribution in [3.8, 4) is 11.5 Å². The maximum atomic E-state index is 11.9. The molecule has 0 aliphatic heterocycles. The van der Waals surface area contributed by atoms with Crippen LogP contribution >= 0.6 is 0 Å². The fourth-order valence-corrected chi connectivity index (χ4v) is 2.90. The van der Waals surface area contributed by atoms with Gasteiger partial charge in [0.25, 0.3) is 0 Å². The topological polar surface area (TPSA) is 47.6 Å². The molecule has 0 aliphatic rings. The zero-order chi connectivity index (χ0) is 15.0. The van der Waals surface area contributed by atoms with Gasteiger partial charge in [0.15, 0.2) is 0 Å². The summed E-state index contributed by atoms with van der Waals surface area (Å²) in [4.78, 5) is 0. The van der Waals surface area contributed by atoms with Crippen LogP contribution in [0, 0.1) is 0 Å². The van der Waals surface area contributed by atoms with Crippen molar-refractivity contribution in [3.05, 3.63) is 23.8 Å². The Hall–Kier alpha value is -1.07. The van der Waals surface area contributed by atoms with Gasteiger partial charge in [0.1, 0.15) is 11.5 Å². The highest BCUT2D eigenvalue weighted by atomic mass is 32.2. The second-order valence-electron chi connectivity index (χ2n) is 4.51. The van der Waals surface area contributed by atoms with E-state index in [0.29, 0.717) is 11.5 Å². The van der Waals surface area contributed by atoms with Crippen molar-refractivity contribution in [2.75, 3.05) is 32.3 Å². The SMILES string of the molecule is CCCNC(CS(=O)CC)c1cc(OC)ccc1OC. The molecule has 2 atom stereocenters. The van der Waals surface area contributed by atoms with Crippen LogP contribution in [0.25, 0.3) is 0 Å². The summed E-state index contributed by atoms with van der Waals surface area (Å²) in [5, 5.41) is 3.45. The maximum Gasteiger partial charge on any atom is 0.123 e. The first-order valence-electron chi connectivity index (χ1n) is 6.96. The average molecular weight is 299 g/mol. The maximum absolute atomic E-state index is 11.9. The molecule has 114 valence electrons. The van der Waals surface area contributed by atoms with Crippen LogP contribution in [0.15, 0.2) is 18.2 Å². The van der Waals surface area contributed by atoms with Crippen molar-refractivity contribution >= 4 is 10.8 Å². The lowest BCUT2D eigenvalue weighted by Gasteiger charge is -2.21. The quantitative estimate of drug-likeness (QED) is 0.761. The molecule has 2 unspecified atom stereocenters. The van der Waals surface area contributed by atoms with Gasteiger partial charge in [-0.2, -0.15) is 0 Å². The molecule has 1 aromatic carbocycles. The van der Waals surface area contributed by atoms with E-state index in [9.17, 15) is 4.21 Å². The number of hydrogen-bond donors (Lipinski definition) is 1. The Kier molecular flexibility index (Phi) is 7.62. The molecule has 4 nitrogen and oxygen atoms in total. The number of nitrogens with one attached hydrogen (secondary N) is 1. The van der Waals surface area contributed by atoms with Gasteiger partial charge in [0.05, 0.1) is 14.2 Å². The zero-order valence-corrected chi connectivity index (χ0v) is 13.6. The number of rotatable bonds is 9. The normalized spacial score (nSPS) is 13.8. The second-order valence-corrected chi connectivity index (χ2v) is 6.30. The molecule has 0 saturated heterocycles. The van der Waals surface area contributed by atoms with Gasteiger partial charge >= 0.3 is 0 Å². The average Bonchev–Trinajstić information content (AvgIpc) is 2.50. The molecule has 0 heterocycles. The van der Waals surface area contributed by atoms with Crippen LogP contribution in [-0.4, -0.2) is 36.5 Å². The van der Waals surface area contributed by atoms with Crippen LogP contribution in [0.4, 0.5) is 0 Å². The predicted molar refractivity (Wildman–Crippen MR) is 84.1 cm³/mol. The van der Waals surface area contributed by atoms with E-state index in [1.54, 1.807) is 14.2 Å². The molecule has 0 amide bonds. The number of ether oxygens (including phenoxy) is 2. The van der Waals surface area contributed by atoms with E-state index in [-0.39, 0.29) is 6.04 Å². The Morgan fingerprint density at radius 1 is 1.25 bits per heavy atom. The Morgan fingerprint density at radius 2 is 2.00 bits per heavy atom. The van der Waals surface area contributed by atoms with E-state index in [2.05, 4.69) is 12.2 Å². The molecule has 0 saturated carbocycles. The smallest absolute Gasteiger partial charge is 0.123 e. The molecular formula is C15H25NO3S. The van der Waals surface area contributed by atoms with Crippen molar-refractivity contribution in [2.24, 2.45) is 0 Å². The van der Waals surface area contributed by atoms with Crippen molar-refractivity contribution in [1.82, 2.24) is 5.32 Å². The third-order valence-corrected chi connectivity index (χ3v) is 4.48. The van der Waals surface area contributed by atoms with Gasteiger partial charge in [-0.15, -0.1) is 0 Å². The molecule has 0 aliphatic carbocycles. The molecule has 5 heteroatoms. The van der Waals surface area contributed by atoms with E-state index in [0.717, 1.165) is 30.0 Å². The molecule has 1 aromatic rings. The summed E-state index contributed by atoms with van der Waals surface area (Å²) in [6.07, 6.45) is 1.03. The zero-order valence-electron chi connectivity index (χ0n) is 12.8. The van der Waals surface area contributed by atoms with Crippen LogP contribution < -0.4 is 14.8 Å². The van der Waals surface area contributed by atoms with E-state index in [1.165, 1.54) is 0 Å². The standard InChI is InChI=1S/C15H25NO3S/c1-5-9-16-14(11-20(17)6-2)13-10-12(18-3)7-8-15(13)19-4/h7-8,10,14,16H,5-6,9,11H2,1-4H3. The highest BCUT2D eigenvalue weighted by Gasteiger charge is 2.18. The molecule has 0 bridgehead atoms. The third kappa shape index (κ3) is 4.80. The summed E-state index contributed by atoms with van der Waals surface area (Å²) in [6, 6.07) is 5.74. The van der Waals surface area contributed by atoms with Gasteiger partial charge < -0.3 is 14.8 Å². The van der Waals surface area contributed by atoms with Crippen molar-refractivity contribution in [1.29, 1.82) is 0 Å². The minimum atomic E-state index is -0.839. The van der Waals surface area contributed by atoms with Crippen molar-refractivity contribution in [2.45, 2.75) is 26.3 Å². The number of hydrogen-bond acceptors (Lipinski definition) is 4. The largest absolute Gasteiger partial charge is 0.497 e. The third-order valence-electron chi connectivity index (χ3n) is 3.13. The van der Waals surface area contributed by atoms with Crippen LogP contribution in [0.2, 0.25) is 0 Å². The molecule has 1 rings (SSSR count). The summed E-state index contributed by atoms with van der Waals surface area (Å²) in [6.45, 7) is 4.94. The number of benzene rings is 1. The van der Waals surface area contributed by atoms with Crippen LogP contribution in [0.1, 0.15) is 31.9 Å². The van der Waals surface area contributed by atoms with Gasteiger partial charge in [0, 0.05) is 33.9 Å². The Bertz CT molecular complexity index is 437. The summed E-state index contributed by atoms with van der Waals surface area (Å²) >= 11 is 0. The van der Waals surface area contributed by atoms with Gasteiger partial charge in [0.2, 0.25) is 0 Å². The molecule has 1 N–H and O–H groups in total. The lowest BCUT2D eigenvalue weighted by molar-refractivity contribution is 0.392. The van der Waals surface area contributed by atoms with Gasteiger partial charge in [-0.3, -0.25) is 4.21 Å². The van der Waals surface area contributed by atoms with E-state index >= 15 is 0 Å². The molecule has 0 fully saturated rings. The van der Waals surface area contributed by atoms with Crippen LogP contribution in [0.5, 0.6) is 11.5 Å². The van der Waals surface area contributed by atoms with E-state index < -0.39 is 10.8 Å². The van der Waals surface area contributed by atoms with Gasteiger partial charge in [-0.05, 0) is 31.2 Å². The Morgan fingerprint density at radius 3 is 2.55 bits per heavy atom. The van der Waals surface area contributed by atoms with Crippen molar-refractivity contribution < 1.29 is 13.7 Å². The first-order valence-corrected chi connectivity index (χ1v) is 8.45. The second kappa shape index (κ2) is 8.97. The Balaban J connectivity index is 3.05. The fourth-order valence-electron chi connectivity index (χ4n) is 1.99. The van der Waals surface area contributed by atoms with E-state index in [4.69, 9.17) is 9.47 Å². The van der Waals surface area contributed by atoms with Crippen LogP contribution in [0.3, 0.4) is 0 Å². The summed E-state index contributed by atoms with van der Waals surface area (Å²) < 4.78 is 22.6. The molecular weight excluding hydrogens is 274 g/mol. The van der Waals surface area contributed by atoms with Crippen molar-refractivity contribution in [3.63, 3.8) is 0 Å². The Labute approximate surface area is 124 Å². The molecule has 0 aromatic heterocycles. The van der Waals surface area contributed by atoms with Gasteiger partial charge in [-0.25, -0.2) is 0 Å². The molecule has 20 heavy (non-hydrogen) atoms. The molecule has 0 spiro atoms. The summed E-state index contributed by atoms with van der Waals surface area (Å²) in [5.41, 5.74) is 1.00. The highest BCUT2D eigenvalue weighted by Crippen LogP contribution is 2.30. The van der Waals surface area contributed by atoms with E-state index in [1.807, 2.05) is 25.1 Å². The summed E-state index contributed by atoms with van der Waals surface area (Å²) in [7, 11) is 2.46. The lowest BCUT2D eigenvalue weighted by atomic mass is 10.1. The van der Waals surface area contributed by atoms with Gasteiger partial charge in [-0.1, -0.05) is 13.8 Å². The first-order chi connectivity index (χ1) is 9.65. The summed E-state index contributed by atoms with van der Waals surface area (Å²) in [5.74, 6) is 2.83. The fraction of sp³-hybridized carbons (Fsp3) is 0.600. The van der Waals surface area contributed by atoms with Crippen LogP contribution in [-0.2, 0) is 10.8 Å². The monoisotopic (exact) mass is 299 g/mol. The highest BCUT2D eigenvalue weighted by molar-refractivity contribution is 7.84. The lowest BCUT2D eigenvalue weighted by Crippen LogP contribution is -2.28. The molecule has 0 radical (unpaired) electrons. The minimum absolute atomic E-state index is 0.0146.